The number of nitrogens with one attached hydrogen (secondary N) is 1. The van der Waals surface area contributed by atoms with Gasteiger partial charge in [0.2, 0.25) is 0 Å². The Labute approximate surface area is 131 Å². The monoisotopic (exact) mass is 299 g/mol. The van der Waals surface area contributed by atoms with E-state index in [9.17, 15) is 0 Å². The van der Waals surface area contributed by atoms with E-state index in [0.717, 1.165) is 36.6 Å². The lowest BCUT2D eigenvalue weighted by atomic mass is 10.0. The summed E-state index contributed by atoms with van der Waals surface area (Å²) in [6, 6.07) is 4.59. The normalized spacial score (nSPS) is 26.8. The molecule has 2 aromatic heterocycles. The molecule has 2 unspecified atom stereocenters. The third kappa shape index (κ3) is 2.63. The summed E-state index contributed by atoms with van der Waals surface area (Å²) in [5, 5.41) is 3.53. The van der Waals surface area contributed by atoms with Crippen molar-refractivity contribution < 1.29 is 0 Å². The van der Waals surface area contributed by atoms with Crippen molar-refractivity contribution >= 4 is 11.2 Å². The lowest BCUT2D eigenvalue weighted by molar-refractivity contribution is 0.358. The number of likely N-dealkylation sites (tertiary alicyclic amines) is 1. The van der Waals surface area contributed by atoms with Crippen molar-refractivity contribution in [3.05, 3.63) is 24.2 Å². The summed E-state index contributed by atoms with van der Waals surface area (Å²) in [7, 11) is 2.22. The molecule has 2 aromatic rings. The minimum atomic E-state index is 0.503. The highest BCUT2D eigenvalue weighted by molar-refractivity contribution is 5.71. The van der Waals surface area contributed by atoms with Crippen LogP contribution in [0.15, 0.2) is 18.3 Å². The fraction of sp³-hybridized carbons (Fsp3) is 0.647. The summed E-state index contributed by atoms with van der Waals surface area (Å²) in [6.45, 7) is 4.59. The van der Waals surface area contributed by atoms with Gasteiger partial charge in [-0.2, -0.15) is 0 Å². The molecule has 1 N–H and O–H groups in total. The number of piperidine rings is 1. The molecule has 0 saturated carbocycles. The Balaban J connectivity index is 1.69. The van der Waals surface area contributed by atoms with E-state index in [1.165, 1.54) is 38.2 Å². The molecule has 2 saturated heterocycles. The SMILES string of the molecule is CN1CCC(Cc2nc3cccnc3n2C2CCCNC2)C1. The summed E-state index contributed by atoms with van der Waals surface area (Å²) in [6.07, 6.45) is 6.73. The van der Waals surface area contributed by atoms with Crippen LogP contribution in [-0.2, 0) is 6.42 Å². The second-order valence-electron chi connectivity index (χ2n) is 6.87. The zero-order chi connectivity index (χ0) is 14.9. The highest BCUT2D eigenvalue weighted by atomic mass is 15.2. The number of rotatable bonds is 3. The number of pyridine rings is 1. The van der Waals surface area contributed by atoms with E-state index in [2.05, 4.69) is 32.9 Å². The Kier molecular flexibility index (Phi) is 3.84. The summed E-state index contributed by atoms with van der Waals surface area (Å²) < 4.78 is 2.43. The number of hydrogen-bond donors (Lipinski definition) is 1. The fourth-order valence-corrected chi connectivity index (χ4v) is 4.01. The smallest absolute Gasteiger partial charge is 0.160 e. The van der Waals surface area contributed by atoms with Gasteiger partial charge in [-0.25, -0.2) is 9.97 Å². The molecule has 4 rings (SSSR count). The lowest BCUT2D eigenvalue weighted by Crippen LogP contribution is -2.32. The largest absolute Gasteiger partial charge is 0.315 e. The molecule has 2 atom stereocenters. The highest BCUT2D eigenvalue weighted by Gasteiger charge is 2.26. The third-order valence-corrected chi connectivity index (χ3v) is 5.12. The van der Waals surface area contributed by atoms with Gasteiger partial charge in [-0.15, -0.1) is 0 Å². The van der Waals surface area contributed by atoms with E-state index < -0.39 is 0 Å². The van der Waals surface area contributed by atoms with Gasteiger partial charge in [0.05, 0.1) is 0 Å². The van der Waals surface area contributed by atoms with Crippen LogP contribution in [0, 0.1) is 5.92 Å². The number of aromatic nitrogens is 3. The number of imidazole rings is 1. The van der Waals surface area contributed by atoms with Gasteiger partial charge in [0, 0.05) is 31.7 Å². The van der Waals surface area contributed by atoms with Gasteiger partial charge in [0.25, 0.3) is 0 Å². The summed E-state index contributed by atoms with van der Waals surface area (Å²) >= 11 is 0. The van der Waals surface area contributed by atoms with E-state index in [1.54, 1.807) is 0 Å². The molecule has 5 heteroatoms. The maximum atomic E-state index is 4.93. The molecule has 0 spiro atoms. The number of hydrogen-bond acceptors (Lipinski definition) is 4. The lowest BCUT2D eigenvalue weighted by Gasteiger charge is -2.26. The minimum Gasteiger partial charge on any atom is -0.315 e. The second kappa shape index (κ2) is 5.97. The molecule has 2 aliphatic heterocycles. The Morgan fingerprint density at radius 1 is 1.36 bits per heavy atom. The molecule has 5 nitrogen and oxygen atoms in total. The van der Waals surface area contributed by atoms with E-state index in [4.69, 9.17) is 4.98 Å². The first kappa shape index (κ1) is 14.2. The van der Waals surface area contributed by atoms with E-state index in [1.807, 2.05) is 12.3 Å². The standard InChI is InChI=1S/C17H25N5/c1-21-9-6-13(12-21)10-16-20-15-5-3-8-19-17(15)22(16)14-4-2-7-18-11-14/h3,5,8,13-14,18H,2,4,6-7,9-12H2,1H3. The van der Waals surface area contributed by atoms with Crippen molar-refractivity contribution in [2.45, 2.75) is 31.7 Å². The highest BCUT2D eigenvalue weighted by Crippen LogP contribution is 2.27. The molecule has 0 amide bonds. The van der Waals surface area contributed by atoms with Crippen LogP contribution in [0.25, 0.3) is 11.2 Å². The average Bonchev–Trinajstić information content (AvgIpc) is 3.11. The zero-order valence-electron chi connectivity index (χ0n) is 13.3. The van der Waals surface area contributed by atoms with Crippen LogP contribution >= 0.6 is 0 Å². The molecule has 0 aromatic carbocycles. The van der Waals surface area contributed by atoms with Gasteiger partial charge in [0.1, 0.15) is 11.3 Å². The molecular formula is C17H25N5. The van der Waals surface area contributed by atoms with Gasteiger partial charge in [-0.1, -0.05) is 0 Å². The number of fused-ring (bicyclic) bond motifs is 1. The molecule has 0 bridgehead atoms. The number of nitrogens with zero attached hydrogens (tertiary/aromatic N) is 4. The second-order valence-corrected chi connectivity index (χ2v) is 6.87. The average molecular weight is 299 g/mol. The van der Waals surface area contributed by atoms with Crippen molar-refractivity contribution in [2.24, 2.45) is 5.92 Å². The van der Waals surface area contributed by atoms with Crippen molar-refractivity contribution in [3.8, 4) is 0 Å². The van der Waals surface area contributed by atoms with Gasteiger partial charge < -0.3 is 14.8 Å². The maximum Gasteiger partial charge on any atom is 0.160 e. The molecule has 0 aliphatic carbocycles. The first-order valence-corrected chi connectivity index (χ1v) is 8.52. The van der Waals surface area contributed by atoms with Crippen LogP contribution in [0.2, 0.25) is 0 Å². The Bertz CT molecular complexity index is 644. The van der Waals surface area contributed by atoms with E-state index in [-0.39, 0.29) is 0 Å². The minimum absolute atomic E-state index is 0.503. The molecule has 4 heterocycles. The van der Waals surface area contributed by atoms with Gasteiger partial charge in [-0.05, 0) is 57.5 Å². The summed E-state index contributed by atoms with van der Waals surface area (Å²) in [4.78, 5) is 12.0. The van der Waals surface area contributed by atoms with Crippen molar-refractivity contribution in [2.75, 3.05) is 33.2 Å². The Hall–Kier alpha value is -1.46. The van der Waals surface area contributed by atoms with E-state index >= 15 is 0 Å². The predicted molar refractivity (Wildman–Crippen MR) is 88.0 cm³/mol. The first-order valence-electron chi connectivity index (χ1n) is 8.52. The van der Waals surface area contributed by atoms with Crippen LogP contribution in [-0.4, -0.2) is 52.7 Å². The topological polar surface area (TPSA) is 46.0 Å². The van der Waals surface area contributed by atoms with Gasteiger partial charge >= 0.3 is 0 Å². The molecule has 22 heavy (non-hydrogen) atoms. The van der Waals surface area contributed by atoms with Crippen LogP contribution < -0.4 is 5.32 Å². The van der Waals surface area contributed by atoms with Gasteiger partial charge in [-0.3, -0.25) is 0 Å². The fourth-order valence-electron chi connectivity index (χ4n) is 4.01. The Morgan fingerprint density at radius 3 is 3.09 bits per heavy atom. The molecule has 118 valence electrons. The molecule has 0 radical (unpaired) electrons. The van der Waals surface area contributed by atoms with E-state index in [0.29, 0.717) is 6.04 Å². The molecule has 2 fully saturated rings. The first-order chi connectivity index (χ1) is 10.8. The Morgan fingerprint density at radius 2 is 2.32 bits per heavy atom. The summed E-state index contributed by atoms with van der Waals surface area (Å²) in [5.41, 5.74) is 2.12. The van der Waals surface area contributed by atoms with Crippen molar-refractivity contribution in [3.63, 3.8) is 0 Å². The van der Waals surface area contributed by atoms with Crippen molar-refractivity contribution in [1.82, 2.24) is 24.8 Å². The zero-order valence-corrected chi connectivity index (χ0v) is 13.3. The third-order valence-electron chi connectivity index (χ3n) is 5.12. The van der Waals surface area contributed by atoms with Crippen LogP contribution in [0.3, 0.4) is 0 Å². The molecular weight excluding hydrogens is 274 g/mol. The maximum absolute atomic E-state index is 4.93. The van der Waals surface area contributed by atoms with Crippen LogP contribution in [0.5, 0.6) is 0 Å². The predicted octanol–water partition coefficient (Wildman–Crippen LogP) is 1.85. The molecule has 2 aliphatic rings. The van der Waals surface area contributed by atoms with Crippen molar-refractivity contribution in [1.29, 1.82) is 0 Å². The van der Waals surface area contributed by atoms with Crippen LogP contribution in [0.4, 0.5) is 0 Å². The van der Waals surface area contributed by atoms with Crippen LogP contribution in [0.1, 0.15) is 31.1 Å². The quantitative estimate of drug-likeness (QED) is 0.939. The summed E-state index contributed by atoms with van der Waals surface area (Å²) in [5.74, 6) is 1.97. The van der Waals surface area contributed by atoms with Gasteiger partial charge in [0.15, 0.2) is 5.65 Å².